The molecule has 4 rings (SSSR count). The number of nitrogen functional groups attached to an aromatic ring is 1. The molecule has 120 valence electrons. The van der Waals surface area contributed by atoms with Crippen molar-refractivity contribution in [3.05, 3.63) is 41.5 Å². The molecule has 0 aliphatic carbocycles. The summed E-state index contributed by atoms with van der Waals surface area (Å²) in [6.45, 7) is 3.77. The molecule has 24 heavy (non-hydrogen) atoms. The van der Waals surface area contributed by atoms with Crippen LogP contribution >= 0.6 is 11.5 Å². The van der Waals surface area contributed by atoms with Crippen molar-refractivity contribution in [1.29, 1.82) is 0 Å². The molecule has 7 nitrogen and oxygen atoms in total. The van der Waals surface area contributed by atoms with E-state index in [0.29, 0.717) is 16.9 Å². The summed E-state index contributed by atoms with van der Waals surface area (Å²) in [5, 5.41) is 1.50. The van der Waals surface area contributed by atoms with Crippen molar-refractivity contribution in [3.8, 4) is 5.69 Å². The van der Waals surface area contributed by atoms with Crippen molar-refractivity contribution < 1.29 is 4.79 Å². The number of anilines is 1. The summed E-state index contributed by atoms with van der Waals surface area (Å²) in [4.78, 5) is 20.6. The van der Waals surface area contributed by atoms with Crippen LogP contribution in [-0.4, -0.2) is 24.8 Å². The monoisotopic (exact) mass is 338 g/mol. The molecule has 1 amide bonds. The fraction of sp³-hybridized carbons (Fsp3) is 0.125. The second-order valence-electron chi connectivity index (χ2n) is 5.58. The summed E-state index contributed by atoms with van der Waals surface area (Å²) in [7, 11) is 0. The first-order chi connectivity index (χ1) is 11.5. The first kappa shape index (κ1) is 14.6. The van der Waals surface area contributed by atoms with E-state index >= 15 is 0 Å². The Kier molecular flexibility index (Phi) is 3.04. The molecule has 0 saturated heterocycles. The lowest BCUT2D eigenvalue weighted by molar-refractivity contribution is 0.100. The largest absolute Gasteiger partial charge is 0.384 e. The van der Waals surface area contributed by atoms with Crippen molar-refractivity contribution >= 4 is 44.4 Å². The maximum Gasteiger partial charge on any atom is 0.253 e. The van der Waals surface area contributed by atoms with Crippen LogP contribution < -0.4 is 11.5 Å². The van der Waals surface area contributed by atoms with Gasteiger partial charge in [-0.25, -0.2) is 9.97 Å². The number of aromatic nitrogens is 4. The molecule has 0 fully saturated rings. The third-order valence-electron chi connectivity index (χ3n) is 4.05. The predicted molar refractivity (Wildman–Crippen MR) is 94.4 cm³/mol. The maximum absolute atomic E-state index is 11.9. The Labute approximate surface area is 141 Å². The Morgan fingerprint density at radius 3 is 2.75 bits per heavy atom. The van der Waals surface area contributed by atoms with E-state index in [4.69, 9.17) is 11.5 Å². The van der Waals surface area contributed by atoms with Gasteiger partial charge in [-0.05, 0) is 37.0 Å². The van der Waals surface area contributed by atoms with Gasteiger partial charge in [0.05, 0.1) is 27.5 Å². The number of amides is 1. The fourth-order valence-electron chi connectivity index (χ4n) is 2.99. The van der Waals surface area contributed by atoms with Gasteiger partial charge in [0.1, 0.15) is 11.6 Å². The van der Waals surface area contributed by atoms with Gasteiger partial charge in [0, 0.05) is 11.6 Å². The van der Waals surface area contributed by atoms with Gasteiger partial charge < -0.3 is 11.5 Å². The first-order valence-corrected chi connectivity index (χ1v) is 8.04. The standard InChI is InChI=1S/C16H14N6OS/c1-7-3-4-11-9(6-20-24-11)13(7)22-14(17)12(15(18)23)10-5-19-8(2)21-16(10)22/h3-6H,17H2,1-2H3,(H2,18,23). The van der Waals surface area contributed by atoms with Crippen LogP contribution in [0.25, 0.3) is 26.8 Å². The van der Waals surface area contributed by atoms with E-state index in [2.05, 4.69) is 14.3 Å². The van der Waals surface area contributed by atoms with Crippen molar-refractivity contribution in [1.82, 2.24) is 18.9 Å². The number of fused-ring (bicyclic) bond motifs is 2. The fourth-order valence-corrected chi connectivity index (χ4v) is 3.64. The molecule has 4 N–H and O–H groups in total. The smallest absolute Gasteiger partial charge is 0.253 e. The van der Waals surface area contributed by atoms with Crippen LogP contribution in [0.5, 0.6) is 0 Å². The van der Waals surface area contributed by atoms with Gasteiger partial charge in [-0.3, -0.25) is 9.36 Å². The van der Waals surface area contributed by atoms with Crippen LogP contribution in [0.3, 0.4) is 0 Å². The molecule has 0 bridgehead atoms. The highest BCUT2D eigenvalue weighted by Crippen LogP contribution is 2.35. The van der Waals surface area contributed by atoms with E-state index in [1.54, 1.807) is 23.9 Å². The van der Waals surface area contributed by atoms with Crippen molar-refractivity contribution in [2.75, 3.05) is 5.73 Å². The van der Waals surface area contributed by atoms with Gasteiger partial charge in [0.15, 0.2) is 5.65 Å². The second-order valence-corrected chi connectivity index (χ2v) is 6.42. The van der Waals surface area contributed by atoms with Crippen LogP contribution in [-0.2, 0) is 0 Å². The molecular formula is C16H14N6OS. The molecule has 0 unspecified atom stereocenters. The topological polar surface area (TPSA) is 113 Å². The average Bonchev–Trinajstić information content (AvgIpc) is 3.10. The third-order valence-corrected chi connectivity index (χ3v) is 4.81. The number of carbonyl (C=O) groups is 1. The van der Waals surface area contributed by atoms with Crippen molar-refractivity contribution in [2.24, 2.45) is 5.73 Å². The lowest BCUT2D eigenvalue weighted by Gasteiger charge is -2.12. The van der Waals surface area contributed by atoms with E-state index in [9.17, 15) is 4.79 Å². The molecular weight excluding hydrogens is 324 g/mol. The molecule has 8 heteroatoms. The van der Waals surface area contributed by atoms with Gasteiger partial charge in [0.2, 0.25) is 0 Å². The molecule has 0 saturated carbocycles. The zero-order valence-electron chi connectivity index (χ0n) is 13.1. The third kappa shape index (κ3) is 1.89. The molecule has 1 aromatic carbocycles. The van der Waals surface area contributed by atoms with E-state index in [-0.39, 0.29) is 11.4 Å². The van der Waals surface area contributed by atoms with Gasteiger partial charge in [-0.2, -0.15) is 4.37 Å². The van der Waals surface area contributed by atoms with E-state index in [0.717, 1.165) is 21.3 Å². The number of nitrogens with zero attached hydrogens (tertiary/aromatic N) is 4. The minimum Gasteiger partial charge on any atom is -0.384 e. The van der Waals surface area contributed by atoms with E-state index in [1.807, 2.05) is 19.1 Å². The molecule has 0 aliphatic rings. The van der Waals surface area contributed by atoms with Crippen LogP contribution in [0.1, 0.15) is 21.7 Å². The molecule has 3 heterocycles. The molecule has 0 aliphatic heterocycles. The van der Waals surface area contributed by atoms with Crippen LogP contribution in [0.15, 0.2) is 24.5 Å². The van der Waals surface area contributed by atoms with Gasteiger partial charge in [0.25, 0.3) is 5.91 Å². The Hall–Kier alpha value is -3.00. The van der Waals surface area contributed by atoms with Gasteiger partial charge in [-0.15, -0.1) is 0 Å². The highest BCUT2D eigenvalue weighted by molar-refractivity contribution is 7.13. The zero-order chi connectivity index (χ0) is 17.0. The first-order valence-electron chi connectivity index (χ1n) is 7.26. The van der Waals surface area contributed by atoms with E-state index < -0.39 is 5.91 Å². The predicted octanol–water partition coefficient (Wildman–Crippen LogP) is 2.33. The highest BCUT2D eigenvalue weighted by Gasteiger charge is 2.23. The van der Waals surface area contributed by atoms with Crippen LogP contribution in [0.4, 0.5) is 5.82 Å². The maximum atomic E-state index is 11.9. The summed E-state index contributed by atoms with van der Waals surface area (Å²) < 4.78 is 7.07. The number of hydrogen-bond acceptors (Lipinski definition) is 6. The quantitative estimate of drug-likeness (QED) is 0.582. The van der Waals surface area contributed by atoms with Crippen molar-refractivity contribution in [2.45, 2.75) is 13.8 Å². The summed E-state index contributed by atoms with van der Waals surface area (Å²) in [5.41, 5.74) is 14.5. The number of nitrogens with two attached hydrogens (primary N) is 2. The SMILES string of the molecule is Cc1ncc2c(C(N)=O)c(N)n(-c3c(C)ccc4sncc34)c2n1. The Morgan fingerprint density at radius 1 is 1.21 bits per heavy atom. The van der Waals surface area contributed by atoms with Crippen LogP contribution in [0, 0.1) is 13.8 Å². The minimum absolute atomic E-state index is 0.240. The highest BCUT2D eigenvalue weighted by atomic mass is 32.1. The van der Waals surface area contributed by atoms with Crippen LogP contribution in [0.2, 0.25) is 0 Å². The van der Waals surface area contributed by atoms with Gasteiger partial charge >= 0.3 is 0 Å². The summed E-state index contributed by atoms with van der Waals surface area (Å²) >= 11 is 1.40. The lowest BCUT2D eigenvalue weighted by atomic mass is 10.1. The van der Waals surface area contributed by atoms with Crippen molar-refractivity contribution in [3.63, 3.8) is 0 Å². The summed E-state index contributed by atoms with van der Waals surface area (Å²) in [6.07, 6.45) is 3.39. The van der Waals surface area contributed by atoms with E-state index in [1.165, 1.54) is 11.5 Å². The number of aryl methyl sites for hydroxylation is 2. The Balaban J connectivity index is 2.23. The summed E-state index contributed by atoms with van der Waals surface area (Å²) in [5.74, 6) is 0.252. The molecule has 0 atom stereocenters. The number of hydrogen-bond donors (Lipinski definition) is 2. The Morgan fingerprint density at radius 2 is 2.00 bits per heavy atom. The number of carbonyl (C=O) groups excluding carboxylic acids is 1. The minimum atomic E-state index is -0.600. The normalized spacial score (nSPS) is 11.4. The van der Waals surface area contributed by atoms with Gasteiger partial charge in [-0.1, -0.05) is 6.07 Å². The second kappa shape index (κ2) is 5.00. The molecule has 0 spiro atoms. The molecule has 0 radical (unpaired) electrons. The number of primary amides is 1. The molecule has 4 aromatic rings. The number of benzene rings is 1. The number of rotatable bonds is 2. The Bertz CT molecular complexity index is 1130. The molecule has 3 aromatic heterocycles. The zero-order valence-corrected chi connectivity index (χ0v) is 13.9. The lowest BCUT2D eigenvalue weighted by Crippen LogP contribution is -2.14. The average molecular weight is 338 g/mol. The summed E-state index contributed by atoms with van der Waals surface area (Å²) in [6, 6.07) is 4.02.